The van der Waals surface area contributed by atoms with Crippen LogP contribution in [-0.2, 0) is 0 Å². The van der Waals surface area contributed by atoms with E-state index < -0.39 is 6.10 Å². The molecule has 0 aliphatic carbocycles. The second-order valence-electron chi connectivity index (χ2n) is 6.36. The maximum absolute atomic E-state index is 12.5. The Morgan fingerprint density at radius 3 is 2.32 bits per heavy atom. The fraction of sp³-hybridized carbons (Fsp3) is 0.562. The SMILES string of the molecule is CC(C)c1ccc(C(=O)N2CC(O)CC2(C)C)cc1. The van der Waals surface area contributed by atoms with Gasteiger partial charge in [0.1, 0.15) is 0 Å². The number of carbonyl (C=O) groups excluding carboxylic acids is 1. The highest BCUT2D eigenvalue weighted by molar-refractivity contribution is 5.95. The zero-order valence-corrected chi connectivity index (χ0v) is 12.2. The molecule has 1 aliphatic heterocycles. The molecule has 0 saturated carbocycles. The average Bonchev–Trinajstić information content (AvgIpc) is 2.61. The number of aliphatic hydroxyl groups is 1. The van der Waals surface area contributed by atoms with Crippen LogP contribution in [0.5, 0.6) is 0 Å². The Morgan fingerprint density at radius 2 is 1.89 bits per heavy atom. The van der Waals surface area contributed by atoms with Crippen molar-refractivity contribution < 1.29 is 9.90 Å². The highest BCUT2D eigenvalue weighted by Gasteiger charge is 2.40. The van der Waals surface area contributed by atoms with Crippen molar-refractivity contribution in [3.8, 4) is 0 Å². The summed E-state index contributed by atoms with van der Waals surface area (Å²) < 4.78 is 0. The molecule has 19 heavy (non-hydrogen) atoms. The van der Waals surface area contributed by atoms with Gasteiger partial charge in [0.2, 0.25) is 0 Å². The van der Waals surface area contributed by atoms with E-state index in [9.17, 15) is 9.90 Å². The first-order valence-corrected chi connectivity index (χ1v) is 6.91. The maximum atomic E-state index is 12.5. The van der Waals surface area contributed by atoms with Crippen LogP contribution in [0.3, 0.4) is 0 Å². The fourth-order valence-corrected chi connectivity index (χ4v) is 2.73. The van der Waals surface area contributed by atoms with Gasteiger partial charge in [-0.15, -0.1) is 0 Å². The van der Waals surface area contributed by atoms with Crippen LogP contribution in [0.25, 0.3) is 0 Å². The molecule has 3 heteroatoms. The summed E-state index contributed by atoms with van der Waals surface area (Å²) >= 11 is 0. The molecule has 1 N–H and O–H groups in total. The summed E-state index contributed by atoms with van der Waals surface area (Å²) in [5.41, 5.74) is 1.66. The highest BCUT2D eigenvalue weighted by atomic mass is 16.3. The van der Waals surface area contributed by atoms with Gasteiger partial charge in [0, 0.05) is 17.6 Å². The van der Waals surface area contributed by atoms with Crippen LogP contribution in [0.4, 0.5) is 0 Å². The van der Waals surface area contributed by atoms with Gasteiger partial charge in [-0.05, 0) is 43.9 Å². The number of aliphatic hydroxyl groups excluding tert-OH is 1. The van der Waals surface area contributed by atoms with E-state index in [0.717, 1.165) is 0 Å². The number of benzene rings is 1. The van der Waals surface area contributed by atoms with Gasteiger partial charge in [-0.1, -0.05) is 26.0 Å². The van der Waals surface area contributed by atoms with Gasteiger partial charge in [-0.25, -0.2) is 0 Å². The van der Waals surface area contributed by atoms with E-state index in [2.05, 4.69) is 13.8 Å². The smallest absolute Gasteiger partial charge is 0.254 e. The molecule has 3 nitrogen and oxygen atoms in total. The lowest BCUT2D eigenvalue weighted by Crippen LogP contribution is -2.42. The molecule has 1 unspecified atom stereocenters. The Morgan fingerprint density at radius 1 is 1.32 bits per heavy atom. The summed E-state index contributed by atoms with van der Waals surface area (Å²) in [6, 6.07) is 7.80. The van der Waals surface area contributed by atoms with Gasteiger partial charge < -0.3 is 10.0 Å². The number of carbonyl (C=O) groups is 1. The number of rotatable bonds is 2. The quantitative estimate of drug-likeness (QED) is 0.889. The molecule has 1 aromatic carbocycles. The third-order valence-electron chi connectivity index (χ3n) is 3.93. The van der Waals surface area contributed by atoms with Gasteiger partial charge in [0.25, 0.3) is 5.91 Å². The number of likely N-dealkylation sites (tertiary alicyclic amines) is 1. The molecule has 1 amide bonds. The van der Waals surface area contributed by atoms with Gasteiger partial charge in [-0.2, -0.15) is 0 Å². The van der Waals surface area contributed by atoms with E-state index in [0.29, 0.717) is 24.4 Å². The molecule has 0 bridgehead atoms. The normalized spacial score (nSPS) is 22.0. The van der Waals surface area contributed by atoms with Crippen molar-refractivity contribution >= 4 is 5.91 Å². The largest absolute Gasteiger partial charge is 0.391 e. The topological polar surface area (TPSA) is 40.5 Å². The molecule has 0 spiro atoms. The standard InChI is InChI=1S/C16H23NO2/c1-11(2)12-5-7-13(8-6-12)15(19)17-10-14(18)9-16(17,3)4/h5-8,11,14,18H,9-10H2,1-4H3. The van der Waals surface area contributed by atoms with Crippen molar-refractivity contribution in [1.82, 2.24) is 4.90 Å². The summed E-state index contributed by atoms with van der Waals surface area (Å²) in [7, 11) is 0. The second kappa shape index (κ2) is 4.97. The Labute approximate surface area is 115 Å². The monoisotopic (exact) mass is 261 g/mol. The van der Waals surface area contributed by atoms with E-state index in [1.807, 2.05) is 38.1 Å². The van der Waals surface area contributed by atoms with Gasteiger partial charge in [-0.3, -0.25) is 4.79 Å². The van der Waals surface area contributed by atoms with E-state index in [1.165, 1.54) is 5.56 Å². The minimum Gasteiger partial charge on any atom is -0.391 e. The first kappa shape index (κ1) is 14.1. The van der Waals surface area contributed by atoms with Crippen LogP contribution in [0.1, 0.15) is 56.0 Å². The minimum atomic E-state index is -0.408. The minimum absolute atomic E-state index is 0.0110. The summed E-state index contributed by atoms with van der Waals surface area (Å²) in [5, 5.41) is 9.75. The summed E-state index contributed by atoms with van der Waals surface area (Å²) in [4.78, 5) is 14.3. The number of hydrogen-bond donors (Lipinski definition) is 1. The third-order valence-corrected chi connectivity index (χ3v) is 3.93. The first-order valence-electron chi connectivity index (χ1n) is 6.91. The summed E-state index contributed by atoms with van der Waals surface area (Å²) in [6.07, 6.45) is 0.233. The van der Waals surface area contributed by atoms with E-state index in [-0.39, 0.29) is 11.4 Å². The lowest BCUT2D eigenvalue weighted by Gasteiger charge is -2.31. The van der Waals surface area contributed by atoms with Gasteiger partial charge in [0.05, 0.1) is 6.10 Å². The number of nitrogens with zero attached hydrogens (tertiary/aromatic N) is 1. The van der Waals surface area contributed by atoms with E-state index in [4.69, 9.17) is 0 Å². The lowest BCUT2D eigenvalue weighted by molar-refractivity contribution is 0.0641. The first-order chi connectivity index (χ1) is 8.81. The third kappa shape index (κ3) is 2.81. The van der Waals surface area contributed by atoms with Crippen molar-refractivity contribution in [1.29, 1.82) is 0 Å². The molecule has 1 saturated heterocycles. The molecule has 0 aromatic heterocycles. The Balaban J connectivity index is 2.20. The molecule has 1 fully saturated rings. The van der Waals surface area contributed by atoms with Crippen molar-refractivity contribution in [3.05, 3.63) is 35.4 Å². The molecular formula is C16H23NO2. The van der Waals surface area contributed by atoms with Crippen LogP contribution in [0, 0.1) is 0 Å². The molecular weight excluding hydrogens is 238 g/mol. The molecule has 1 atom stereocenters. The van der Waals surface area contributed by atoms with Crippen LogP contribution in [-0.4, -0.2) is 34.1 Å². The maximum Gasteiger partial charge on any atom is 0.254 e. The average molecular weight is 261 g/mol. The number of amides is 1. The van der Waals surface area contributed by atoms with Crippen LogP contribution >= 0.6 is 0 Å². The van der Waals surface area contributed by atoms with Gasteiger partial charge in [0.15, 0.2) is 0 Å². The Kier molecular flexibility index (Phi) is 3.68. The highest BCUT2D eigenvalue weighted by Crippen LogP contribution is 2.30. The van der Waals surface area contributed by atoms with E-state index in [1.54, 1.807) is 4.90 Å². The van der Waals surface area contributed by atoms with Crippen LogP contribution < -0.4 is 0 Å². The van der Waals surface area contributed by atoms with Gasteiger partial charge >= 0.3 is 0 Å². The molecule has 1 aromatic rings. The molecule has 1 heterocycles. The van der Waals surface area contributed by atoms with Crippen LogP contribution in [0.2, 0.25) is 0 Å². The molecule has 0 radical (unpaired) electrons. The zero-order valence-electron chi connectivity index (χ0n) is 12.2. The number of β-amino-alcohol motifs (C(OH)–C–C–N with tert-alkyl or cyclic N) is 1. The van der Waals surface area contributed by atoms with Crippen molar-refractivity contribution in [3.63, 3.8) is 0 Å². The Bertz CT molecular complexity index is 462. The fourth-order valence-electron chi connectivity index (χ4n) is 2.73. The molecule has 2 rings (SSSR count). The molecule has 1 aliphatic rings. The van der Waals surface area contributed by atoms with Crippen molar-refractivity contribution in [2.24, 2.45) is 0 Å². The predicted molar refractivity (Wildman–Crippen MR) is 76.3 cm³/mol. The molecule has 104 valence electrons. The van der Waals surface area contributed by atoms with Crippen molar-refractivity contribution in [2.75, 3.05) is 6.54 Å². The van der Waals surface area contributed by atoms with Crippen molar-refractivity contribution in [2.45, 2.75) is 51.7 Å². The zero-order chi connectivity index (χ0) is 14.2. The predicted octanol–water partition coefficient (Wildman–Crippen LogP) is 2.80. The lowest BCUT2D eigenvalue weighted by atomic mass is 9.99. The summed E-state index contributed by atoms with van der Waals surface area (Å²) in [5.74, 6) is 0.478. The van der Waals surface area contributed by atoms with E-state index >= 15 is 0 Å². The summed E-state index contributed by atoms with van der Waals surface area (Å²) in [6.45, 7) is 8.71. The van der Waals surface area contributed by atoms with Crippen LogP contribution in [0.15, 0.2) is 24.3 Å². The Hall–Kier alpha value is -1.35. The second-order valence-corrected chi connectivity index (χ2v) is 6.36. The number of hydrogen-bond acceptors (Lipinski definition) is 2.